The summed E-state index contributed by atoms with van der Waals surface area (Å²) in [6, 6.07) is 7.62. The molecule has 5 heteroatoms. The van der Waals surface area contributed by atoms with Crippen molar-refractivity contribution < 1.29 is 4.74 Å². The third-order valence-corrected chi connectivity index (χ3v) is 3.45. The third-order valence-electron chi connectivity index (χ3n) is 2.82. The molecular formula is C15H16Cl2N2O. The van der Waals surface area contributed by atoms with E-state index in [4.69, 9.17) is 27.9 Å². The van der Waals surface area contributed by atoms with Gasteiger partial charge in [-0.3, -0.25) is 4.98 Å². The molecule has 3 nitrogen and oxygen atoms in total. The highest BCUT2D eigenvalue weighted by Gasteiger charge is 2.05. The largest absolute Gasteiger partial charge is 0.487 e. The van der Waals surface area contributed by atoms with E-state index in [2.05, 4.69) is 17.2 Å². The van der Waals surface area contributed by atoms with E-state index < -0.39 is 0 Å². The van der Waals surface area contributed by atoms with Gasteiger partial charge in [-0.15, -0.1) is 0 Å². The molecule has 20 heavy (non-hydrogen) atoms. The minimum atomic E-state index is 0.369. The smallest absolute Gasteiger partial charge is 0.138 e. The Bertz CT molecular complexity index is 576. The van der Waals surface area contributed by atoms with Gasteiger partial charge in [-0.1, -0.05) is 36.2 Å². The first-order chi connectivity index (χ1) is 9.70. The van der Waals surface area contributed by atoms with Crippen molar-refractivity contribution in [3.8, 4) is 5.75 Å². The first-order valence-electron chi connectivity index (χ1n) is 6.41. The summed E-state index contributed by atoms with van der Waals surface area (Å²) in [6.45, 7) is 4.16. The van der Waals surface area contributed by atoms with Crippen LogP contribution in [0.3, 0.4) is 0 Å². The summed E-state index contributed by atoms with van der Waals surface area (Å²) in [7, 11) is 0. The van der Waals surface area contributed by atoms with Gasteiger partial charge >= 0.3 is 0 Å². The van der Waals surface area contributed by atoms with Crippen molar-refractivity contribution in [1.82, 2.24) is 10.3 Å². The molecule has 0 fully saturated rings. The number of rotatable bonds is 6. The van der Waals surface area contributed by atoms with Gasteiger partial charge in [0.2, 0.25) is 0 Å². The van der Waals surface area contributed by atoms with Gasteiger partial charge in [-0.25, -0.2) is 0 Å². The van der Waals surface area contributed by atoms with Crippen LogP contribution >= 0.6 is 23.2 Å². The second-order valence-corrected chi connectivity index (χ2v) is 5.12. The maximum atomic E-state index is 6.22. The Kier molecular flexibility index (Phi) is 5.65. The summed E-state index contributed by atoms with van der Waals surface area (Å²) >= 11 is 12.2. The molecule has 0 amide bonds. The van der Waals surface area contributed by atoms with Crippen LogP contribution in [0.4, 0.5) is 0 Å². The predicted octanol–water partition coefficient (Wildman–Crippen LogP) is 4.08. The highest BCUT2D eigenvalue weighted by atomic mass is 35.5. The molecule has 2 rings (SSSR count). The normalized spacial score (nSPS) is 10.6. The average Bonchev–Trinajstić information content (AvgIpc) is 2.45. The number of ether oxygens (including phenoxy) is 1. The molecule has 1 aromatic carbocycles. The molecule has 106 valence electrons. The topological polar surface area (TPSA) is 34.1 Å². The number of pyridine rings is 1. The minimum Gasteiger partial charge on any atom is -0.487 e. The standard InChI is InChI=1S/C15H16Cl2N2O/c1-2-18-8-11-3-4-15(13(16)7-11)20-10-12-5-6-19-9-14(12)17/h3-7,9,18H,2,8,10H2,1H3. The van der Waals surface area contributed by atoms with Gasteiger partial charge in [0.15, 0.2) is 0 Å². The first-order valence-corrected chi connectivity index (χ1v) is 7.16. The Hall–Kier alpha value is -1.29. The lowest BCUT2D eigenvalue weighted by atomic mass is 10.2. The molecule has 0 spiro atoms. The van der Waals surface area contributed by atoms with Crippen molar-refractivity contribution in [3.05, 3.63) is 57.8 Å². The van der Waals surface area contributed by atoms with E-state index in [1.807, 2.05) is 24.3 Å². The maximum absolute atomic E-state index is 6.22. The predicted molar refractivity (Wildman–Crippen MR) is 82.4 cm³/mol. The summed E-state index contributed by atoms with van der Waals surface area (Å²) < 4.78 is 5.70. The van der Waals surface area contributed by atoms with Crippen molar-refractivity contribution in [2.45, 2.75) is 20.1 Å². The zero-order valence-corrected chi connectivity index (χ0v) is 12.7. The molecular weight excluding hydrogens is 295 g/mol. The van der Waals surface area contributed by atoms with Gasteiger partial charge < -0.3 is 10.1 Å². The number of hydrogen-bond acceptors (Lipinski definition) is 3. The first kappa shape index (κ1) is 15.1. The summed E-state index contributed by atoms with van der Waals surface area (Å²) in [4.78, 5) is 3.94. The lowest BCUT2D eigenvalue weighted by Crippen LogP contribution is -2.11. The summed E-state index contributed by atoms with van der Waals surface area (Å²) in [5.74, 6) is 0.653. The highest BCUT2D eigenvalue weighted by molar-refractivity contribution is 6.32. The SMILES string of the molecule is CCNCc1ccc(OCc2ccncc2Cl)c(Cl)c1. The number of nitrogens with zero attached hydrogens (tertiary/aromatic N) is 1. The third kappa shape index (κ3) is 4.10. The Labute approximate surface area is 128 Å². The van der Waals surface area contributed by atoms with E-state index in [0.29, 0.717) is 22.4 Å². The van der Waals surface area contributed by atoms with Crippen molar-refractivity contribution in [2.24, 2.45) is 0 Å². The van der Waals surface area contributed by atoms with Crippen LogP contribution in [-0.4, -0.2) is 11.5 Å². The summed E-state index contributed by atoms with van der Waals surface area (Å²) in [5.41, 5.74) is 2.01. The molecule has 0 bridgehead atoms. The van der Waals surface area contributed by atoms with Crippen LogP contribution in [-0.2, 0) is 13.2 Å². The Morgan fingerprint density at radius 2 is 2.05 bits per heavy atom. The van der Waals surface area contributed by atoms with Crippen LogP contribution in [0.1, 0.15) is 18.1 Å². The zero-order valence-electron chi connectivity index (χ0n) is 11.2. The van der Waals surface area contributed by atoms with Crippen molar-refractivity contribution in [2.75, 3.05) is 6.54 Å². The molecule has 1 N–H and O–H groups in total. The van der Waals surface area contributed by atoms with Crippen LogP contribution in [0.5, 0.6) is 5.75 Å². The fourth-order valence-corrected chi connectivity index (χ4v) is 2.15. The molecule has 1 aromatic heterocycles. The molecule has 0 atom stereocenters. The number of nitrogens with one attached hydrogen (secondary N) is 1. The van der Waals surface area contributed by atoms with Crippen molar-refractivity contribution in [3.63, 3.8) is 0 Å². The zero-order chi connectivity index (χ0) is 14.4. The molecule has 0 radical (unpaired) electrons. The minimum absolute atomic E-state index is 0.369. The van der Waals surface area contributed by atoms with E-state index in [-0.39, 0.29) is 0 Å². The second-order valence-electron chi connectivity index (χ2n) is 4.30. The molecule has 0 saturated carbocycles. The van der Waals surface area contributed by atoms with Crippen molar-refractivity contribution in [1.29, 1.82) is 0 Å². The Balaban J connectivity index is 2.01. The molecule has 1 heterocycles. The summed E-state index contributed by atoms with van der Waals surface area (Å²) in [5, 5.41) is 4.45. The van der Waals surface area contributed by atoms with E-state index in [9.17, 15) is 0 Å². The highest BCUT2D eigenvalue weighted by Crippen LogP contribution is 2.27. The lowest BCUT2D eigenvalue weighted by molar-refractivity contribution is 0.306. The number of benzene rings is 1. The van der Waals surface area contributed by atoms with Crippen LogP contribution in [0.15, 0.2) is 36.7 Å². The maximum Gasteiger partial charge on any atom is 0.138 e. The molecule has 2 aromatic rings. The fourth-order valence-electron chi connectivity index (χ4n) is 1.72. The molecule has 0 unspecified atom stereocenters. The van der Waals surface area contributed by atoms with E-state index in [1.54, 1.807) is 12.4 Å². The van der Waals surface area contributed by atoms with Crippen molar-refractivity contribution >= 4 is 23.2 Å². The van der Waals surface area contributed by atoms with Gasteiger partial charge in [0.05, 0.1) is 10.0 Å². The number of halogens is 2. The van der Waals surface area contributed by atoms with Gasteiger partial charge in [-0.05, 0) is 30.3 Å². The molecule has 0 aliphatic heterocycles. The Morgan fingerprint density at radius 1 is 1.20 bits per heavy atom. The van der Waals surface area contributed by atoms with Gasteiger partial charge in [0.1, 0.15) is 12.4 Å². The fraction of sp³-hybridized carbons (Fsp3) is 0.267. The van der Waals surface area contributed by atoms with Crippen LogP contribution in [0, 0.1) is 0 Å². The second kappa shape index (κ2) is 7.48. The van der Waals surface area contributed by atoms with E-state index >= 15 is 0 Å². The Morgan fingerprint density at radius 3 is 2.75 bits per heavy atom. The van der Waals surface area contributed by atoms with Gasteiger partial charge in [-0.2, -0.15) is 0 Å². The molecule has 0 aliphatic carbocycles. The van der Waals surface area contributed by atoms with Gasteiger partial charge in [0.25, 0.3) is 0 Å². The number of aromatic nitrogens is 1. The monoisotopic (exact) mass is 310 g/mol. The molecule has 0 aliphatic rings. The van der Waals surface area contributed by atoms with Crippen LogP contribution in [0.25, 0.3) is 0 Å². The number of hydrogen-bond donors (Lipinski definition) is 1. The average molecular weight is 311 g/mol. The van der Waals surface area contributed by atoms with E-state index in [1.165, 1.54) is 0 Å². The lowest BCUT2D eigenvalue weighted by Gasteiger charge is -2.10. The van der Waals surface area contributed by atoms with Gasteiger partial charge in [0, 0.05) is 24.5 Å². The molecule has 0 saturated heterocycles. The van der Waals surface area contributed by atoms with E-state index in [0.717, 1.165) is 24.2 Å². The summed E-state index contributed by atoms with van der Waals surface area (Å²) in [6.07, 6.45) is 3.28. The van der Waals surface area contributed by atoms with Crippen LogP contribution < -0.4 is 10.1 Å². The quantitative estimate of drug-likeness (QED) is 0.873. The van der Waals surface area contributed by atoms with Crippen LogP contribution in [0.2, 0.25) is 10.0 Å².